The highest BCUT2D eigenvalue weighted by Gasteiger charge is 1.97. The van der Waals surface area contributed by atoms with Crippen LogP contribution in [0.15, 0.2) is 51.9 Å². The van der Waals surface area contributed by atoms with Crippen molar-refractivity contribution < 1.29 is 9.52 Å². The molecule has 0 amide bonds. The predicted octanol–water partition coefficient (Wildman–Crippen LogP) is 2.52. The van der Waals surface area contributed by atoms with Crippen LogP contribution < -0.4 is 5.43 Å². The first-order chi connectivity index (χ1) is 7.75. The zero-order valence-corrected chi connectivity index (χ0v) is 8.46. The Hall–Kier alpha value is -2.29. The van der Waals surface area contributed by atoms with Gasteiger partial charge in [0, 0.05) is 6.07 Å². The minimum atomic E-state index is -0.445. The van der Waals surface area contributed by atoms with Gasteiger partial charge in [0.15, 0.2) is 5.75 Å². The van der Waals surface area contributed by atoms with Crippen LogP contribution in [0.3, 0.4) is 0 Å². The molecule has 0 saturated carbocycles. The second-order valence-corrected chi connectivity index (χ2v) is 3.28. The molecule has 1 heterocycles. The highest BCUT2D eigenvalue weighted by molar-refractivity contribution is 5.67. The van der Waals surface area contributed by atoms with Crippen molar-refractivity contribution in [1.29, 1.82) is 0 Å². The molecule has 0 bridgehead atoms. The molecule has 1 aromatic heterocycles. The van der Waals surface area contributed by atoms with Crippen molar-refractivity contribution in [3.8, 4) is 5.75 Å². The van der Waals surface area contributed by atoms with Gasteiger partial charge in [0.2, 0.25) is 5.43 Å². The summed E-state index contributed by atoms with van der Waals surface area (Å²) < 4.78 is 5.02. The smallest absolute Gasteiger partial charge is 0.227 e. The maximum absolute atomic E-state index is 11.1. The molecule has 0 aliphatic rings. The summed E-state index contributed by atoms with van der Waals surface area (Å²) in [5.74, 6) is 0.0310. The fourth-order valence-corrected chi connectivity index (χ4v) is 1.25. The normalized spacial score (nSPS) is 10.8. The van der Waals surface area contributed by atoms with Gasteiger partial charge in [0.1, 0.15) is 12.0 Å². The molecule has 80 valence electrons. The molecule has 0 saturated heterocycles. The molecule has 3 nitrogen and oxygen atoms in total. The van der Waals surface area contributed by atoms with E-state index in [0.29, 0.717) is 5.76 Å². The van der Waals surface area contributed by atoms with Gasteiger partial charge in [-0.05, 0) is 11.6 Å². The van der Waals surface area contributed by atoms with E-state index in [4.69, 9.17) is 9.52 Å². The molecule has 0 spiro atoms. The molecule has 0 atom stereocenters. The minimum Gasteiger partial charge on any atom is -0.502 e. The summed E-state index contributed by atoms with van der Waals surface area (Å²) in [5, 5.41) is 9.00. The van der Waals surface area contributed by atoms with Crippen molar-refractivity contribution in [3.63, 3.8) is 0 Å². The number of rotatable bonds is 2. The molecule has 0 fully saturated rings. The first-order valence-electron chi connectivity index (χ1n) is 4.80. The summed E-state index contributed by atoms with van der Waals surface area (Å²) in [6.45, 7) is 0. The van der Waals surface area contributed by atoms with Gasteiger partial charge in [-0.2, -0.15) is 0 Å². The Bertz CT molecular complexity index is 553. The van der Waals surface area contributed by atoms with Crippen LogP contribution in [0.4, 0.5) is 0 Å². The van der Waals surface area contributed by atoms with Crippen LogP contribution in [0, 0.1) is 0 Å². The minimum absolute atomic E-state index is 0.378. The first kappa shape index (κ1) is 10.2. The van der Waals surface area contributed by atoms with Gasteiger partial charge in [-0.1, -0.05) is 36.4 Å². The quantitative estimate of drug-likeness (QED) is 0.835. The van der Waals surface area contributed by atoms with E-state index in [2.05, 4.69) is 0 Å². The van der Waals surface area contributed by atoms with Crippen LogP contribution in [0.1, 0.15) is 11.3 Å². The van der Waals surface area contributed by atoms with Gasteiger partial charge in [0.05, 0.1) is 0 Å². The summed E-state index contributed by atoms with van der Waals surface area (Å²) >= 11 is 0. The molecule has 3 heteroatoms. The van der Waals surface area contributed by atoms with E-state index >= 15 is 0 Å². The maximum atomic E-state index is 11.1. The average Bonchev–Trinajstić information content (AvgIpc) is 2.32. The highest BCUT2D eigenvalue weighted by atomic mass is 16.3. The van der Waals surface area contributed by atoms with Gasteiger partial charge in [0.25, 0.3) is 0 Å². The summed E-state index contributed by atoms with van der Waals surface area (Å²) in [4.78, 5) is 11.1. The monoisotopic (exact) mass is 214 g/mol. The average molecular weight is 214 g/mol. The number of benzene rings is 1. The Morgan fingerprint density at radius 2 is 1.88 bits per heavy atom. The van der Waals surface area contributed by atoms with E-state index in [-0.39, 0.29) is 5.75 Å². The van der Waals surface area contributed by atoms with Crippen LogP contribution in [0.5, 0.6) is 5.75 Å². The third-order valence-corrected chi connectivity index (χ3v) is 2.07. The molecule has 0 radical (unpaired) electrons. The summed E-state index contributed by atoms with van der Waals surface area (Å²) in [6, 6.07) is 10.9. The lowest BCUT2D eigenvalue weighted by molar-refractivity contribution is 0.427. The molecule has 16 heavy (non-hydrogen) atoms. The van der Waals surface area contributed by atoms with Gasteiger partial charge >= 0.3 is 0 Å². The number of aromatic hydroxyl groups is 1. The zero-order chi connectivity index (χ0) is 11.4. The lowest BCUT2D eigenvalue weighted by Gasteiger charge is -1.94. The van der Waals surface area contributed by atoms with Gasteiger partial charge in [-0.3, -0.25) is 4.79 Å². The fraction of sp³-hybridized carbons (Fsp3) is 0. The Morgan fingerprint density at radius 1 is 1.12 bits per heavy atom. The second kappa shape index (κ2) is 4.49. The Balaban J connectivity index is 2.24. The molecule has 2 rings (SSSR count). The third kappa shape index (κ3) is 2.39. The standard InChI is InChI=1S/C13H10O3/c14-12-8-11(16-9-13(12)15)7-6-10-4-2-1-3-5-10/h1-9,15H/b7-6-. The number of hydrogen-bond acceptors (Lipinski definition) is 3. The number of hydrogen-bond donors (Lipinski definition) is 1. The molecule has 0 aliphatic heterocycles. The van der Waals surface area contributed by atoms with Crippen molar-refractivity contribution in [2.45, 2.75) is 0 Å². The summed E-state index contributed by atoms with van der Waals surface area (Å²) in [6.07, 6.45) is 4.54. The van der Waals surface area contributed by atoms with E-state index in [1.54, 1.807) is 6.08 Å². The predicted molar refractivity (Wildman–Crippen MR) is 62.0 cm³/mol. The summed E-state index contributed by atoms with van der Waals surface area (Å²) in [7, 11) is 0. The van der Waals surface area contributed by atoms with Crippen LogP contribution in [-0.4, -0.2) is 5.11 Å². The molecular formula is C13H10O3. The molecule has 1 N–H and O–H groups in total. The first-order valence-corrected chi connectivity index (χ1v) is 4.80. The fourth-order valence-electron chi connectivity index (χ4n) is 1.25. The third-order valence-electron chi connectivity index (χ3n) is 2.07. The van der Waals surface area contributed by atoms with Gasteiger partial charge < -0.3 is 9.52 Å². The van der Waals surface area contributed by atoms with E-state index in [1.165, 1.54) is 6.07 Å². The Morgan fingerprint density at radius 3 is 2.56 bits per heavy atom. The van der Waals surface area contributed by atoms with Gasteiger partial charge in [-0.25, -0.2) is 0 Å². The topological polar surface area (TPSA) is 50.4 Å². The maximum Gasteiger partial charge on any atom is 0.227 e. The Kier molecular flexibility index (Phi) is 2.87. The Labute approximate surface area is 92.3 Å². The van der Waals surface area contributed by atoms with Crippen LogP contribution in [0.2, 0.25) is 0 Å². The largest absolute Gasteiger partial charge is 0.502 e. The molecule has 1 aromatic carbocycles. The SMILES string of the molecule is O=c1cc(/C=C\c2ccccc2)occ1O. The molecule has 2 aromatic rings. The van der Waals surface area contributed by atoms with E-state index in [0.717, 1.165) is 11.8 Å². The van der Waals surface area contributed by atoms with Crippen molar-refractivity contribution in [1.82, 2.24) is 0 Å². The lowest BCUT2D eigenvalue weighted by atomic mass is 10.2. The van der Waals surface area contributed by atoms with Crippen molar-refractivity contribution in [2.24, 2.45) is 0 Å². The van der Waals surface area contributed by atoms with E-state index in [9.17, 15) is 4.79 Å². The molecule has 0 unspecified atom stereocenters. The van der Waals surface area contributed by atoms with Crippen molar-refractivity contribution >= 4 is 12.2 Å². The highest BCUT2D eigenvalue weighted by Crippen LogP contribution is 2.08. The van der Waals surface area contributed by atoms with Crippen LogP contribution >= 0.6 is 0 Å². The van der Waals surface area contributed by atoms with Crippen LogP contribution in [-0.2, 0) is 0 Å². The lowest BCUT2D eigenvalue weighted by Crippen LogP contribution is -1.97. The molecular weight excluding hydrogens is 204 g/mol. The van der Waals surface area contributed by atoms with Crippen molar-refractivity contribution in [3.05, 3.63) is 64.2 Å². The zero-order valence-electron chi connectivity index (χ0n) is 8.46. The molecule has 0 aliphatic carbocycles. The van der Waals surface area contributed by atoms with Gasteiger partial charge in [-0.15, -0.1) is 0 Å². The van der Waals surface area contributed by atoms with E-state index < -0.39 is 5.43 Å². The van der Waals surface area contributed by atoms with Crippen LogP contribution in [0.25, 0.3) is 12.2 Å². The van der Waals surface area contributed by atoms with E-state index in [1.807, 2.05) is 36.4 Å². The summed E-state index contributed by atoms with van der Waals surface area (Å²) in [5.41, 5.74) is 0.567. The van der Waals surface area contributed by atoms with Crippen molar-refractivity contribution in [2.75, 3.05) is 0 Å². The second-order valence-electron chi connectivity index (χ2n) is 3.28.